The van der Waals surface area contributed by atoms with Crippen molar-refractivity contribution in [2.24, 2.45) is 0 Å². The van der Waals surface area contributed by atoms with Gasteiger partial charge in [-0.15, -0.1) is 0 Å². The van der Waals surface area contributed by atoms with Crippen molar-refractivity contribution in [3.63, 3.8) is 0 Å². The molecule has 0 spiro atoms. The number of nitrogens with one attached hydrogen (secondary N) is 1. The molecule has 0 saturated carbocycles. The molecule has 1 unspecified atom stereocenters. The van der Waals surface area contributed by atoms with E-state index in [2.05, 4.69) is 5.32 Å². The summed E-state index contributed by atoms with van der Waals surface area (Å²) in [5.74, 6) is 0.236. The summed E-state index contributed by atoms with van der Waals surface area (Å²) >= 11 is 5.67. The van der Waals surface area contributed by atoms with E-state index in [1.54, 1.807) is 38.3 Å². The lowest BCUT2D eigenvalue weighted by Gasteiger charge is -2.15. The number of amides is 1. The van der Waals surface area contributed by atoms with Crippen molar-refractivity contribution in [2.45, 2.75) is 13.0 Å². The normalized spacial score (nSPS) is 11.6. The van der Waals surface area contributed by atoms with Crippen molar-refractivity contribution in [1.82, 2.24) is 0 Å². The molecule has 0 saturated heterocycles. The van der Waals surface area contributed by atoms with Crippen LogP contribution in [0, 0.1) is 5.82 Å². The number of rotatable bonds is 5. The summed E-state index contributed by atoms with van der Waals surface area (Å²) in [4.78, 5) is 12.1. The van der Waals surface area contributed by atoms with Crippen molar-refractivity contribution >= 4 is 23.2 Å². The second-order valence-electron chi connectivity index (χ2n) is 4.56. The van der Waals surface area contributed by atoms with Crippen LogP contribution in [0.5, 0.6) is 11.5 Å². The highest BCUT2D eigenvalue weighted by Crippen LogP contribution is 2.21. The van der Waals surface area contributed by atoms with Gasteiger partial charge in [0.15, 0.2) is 6.10 Å². The van der Waals surface area contributed by atoms with Gasteiger partial charge in [0.2, 0.25) is 0 Å². The first-order valence-corrected chi connectivity index (χ1v) is 6.94. The predicted molar refractivity (Wildman–Crippen MR) is 83.1 cm³/mol. The summed E-state index contributed by atoms with van der Waals surface area (Å²) in [7, 11) is 1.55. The molecule has 1 N–H and O–H groups in total. The molecule has 4 nitrogen and oxygen atoms in total. The van der Waals surface area contributed by atoms with Crippen LogP contribution in [0.1, 0.15) is 6.92 Å². The number of methoxy groups -OCH3 is 1. The molecule has 22 heavy (non-hydrogen) atoms. The van der Waals surface area contributed by atoms with Gasteiger partial charge in [-0.2, -0.15) is 0 Å². The molecular weight excluding hydrogens is 309 g/mol. The van der Waals surface area contributed by atoms with Crippen LogP contribution in [0.3, 0.4) is 0 Å². The average Bonchev–Trinajstić information content (AvgIpc) is 2.51. The molecule has 6 heteroatoms. The number of hydrogen-bond acceptors (Lipinski definition) is 3. The van der Waals surface area contributed by atoms with Gasteiger partial charge in [-0.25, -0.2) is 4.39 Å². The fourth-order valence-corrected chi connectivity index (χ4v) is 1.93. The van der Waals surface area contributed by atoms with Crippen molar-refractivity contribution in [2.75, 3.05) is 12.4 Å². The van der Waals surface area contributed by atoms with E-state index >= 15 is 0 Å². The van der Waals surface area contributed by atoms with Crippen LogP contribution in [-0.2, 0) is 4.79 Å². The molecule has 2 aromatic rings. The summed E-state index contributed by atoms with van der Waals surface area (Å²) in [5.41, 5.74) is 0.400. The molecule has 1 amide bonds. The monoisotopic (exact) mass is 323 g/mol. The maximum atomic E-state index is 13.1. The Labute approximate surface area is 132 Å². The minimum atomic E-state index is -0.740. The molecule has 0 radical (unpaired) electrons. The highest BCUT2D eigenvalue weighted by atomic mass is 35.5. The Balaban J connectivity index is 2.00. The summed E-state index contributed by atoms with van der Waals surface area (Å²) in [5, 5.41) is 2.56. The Kier molecular flexibility index (Phi) is 5.22. The predicted octanol–water partition coefficient (Wildman–Crippen LogP) is 3.89. The van der Waals surface area contributed by atoms with Gasteiger partial charge >= 0.3 is 0 Å². The molecular formula is C16H15ClFNO3. The van der Waals surface area contributed by atoms with E-state index < -0.39 is 11.9 Å². The van der Waals surface area contributed by atoms with Crippen molar-refractivity contribution in [3.8, 4) is 11.5 Å². The van der Waals surface area contributed by atoms with Gasteiger partial charge in [-0.1, -0.05) is 17.7 Å². The largest absolute Gasteiger partial charge is 0.497 e. The third-order valence-corrected chi connectivity index (χ3v) is 3.20. The van der Waals surface area contributed by atoms with Crippen LogP contribution in [0.4, 0.5) is 10.1 Å². The molecule has 0 aromatic heterocycles. The van der Waals surface area contributed by atoms with E-state index in [0.29, 0.717) is 17.2 Å². The minimum absolute atomic E-state index is 0.0563. The van der Waals surface area contributed by atoms with Gasteiger partial charge in [0.05, 0.1) is 12.1 Å². The number of carbonyl (C=O) groups excluding carboxylic acids is 1. The smallest absolute Gasteiger partial charge is 0.265 e. The topological polar surface area (TPSA) is 47.6 Å². The van der Waals surface area contributed by atoms with Crippen LogP contribution in [0.25, 0.3) is 0 Å². The summed E-state index contributed by atoms with van der Waals surface area (Å²) in [6.07, 6.45) is -0.740. The van der Waals surface area contributed by atoms with Crippen LogP contribution >= 0.6 is 11.6 Å². The van der Waals surface area contributed by atoms with Gasteiger partial charge < -0.3 is 14.8 Å². The Morgan fingerprint density at radius 3 is 2.64 bits per heavy atom. The highest BCUT2D eigenvalue weighted by molar-refractivity contribution is 6.31. The first-order chi connectivity index (χ1) is 10.5. The Morgan fingerprint density at radius 1 is 1.23 bits per heavy atom. The number of anilines is 1. The van der Waals surface area contributed by atoms with E-state index in [1.807, 2.05) is 0 Å². The zero-order valence-electron chi connectivity index (χ0n) is 12.1. The number of ether oxygens (including phenoxy) is 2. The Hall–Kier alpha value is -2.27. The van der Waals surface area contributed by atoms with E-state index in [4.69, 9.17) is 21.1 Å². The maximum absolute atomic E-state index is 13.1. The Bertz CT molecular complexity index is 678. The summed E-state index contributed by atoms with van der Waals surface area (Å²) in [6.45, 7) is 1.61. The van der Waals surface area contributed by atoms with Crippen LogP contribution in [0.2, 0.25) is 5.02 Å². The lowest BCUT2D eigenvalue weighted by atomic mass is 10.2. The zero-order chi connectivity index (χ0) is 16.1. The first kappa shape index (κ1) is 16.1. The lowest BCUT2D eigenvalue weighted by Crippen LogP contribution is -2.30. The molecule has 2 rings (SSSR count). The third-order valence-electron chi connectivity index (χ3n) is 2.91. The molecule has 0 heterocycles. The van der Waals surface area contributed by atoms with Crippen LogP contribution in [0.15, 0.2) is 42.5 Å². The quantitative estimate of drug-likeness (QED) is 0.908. The molecule has 1 atom stereocenters. The van der Waals surface area contributed by atoms with Gasteiger partial charge in [0.25, 0.3) is 5.91 Å². The maximum Gasteiger partial charge on any atom is 0.265 e. The van der Waals surface area contributed by atoms with E-state index in [1.165, 1.54) is 18.2 Å². The first-order valence-electron chi connectivity index (χ1n) is 6.56. The third kappa shape index (κ3) is 4.11. The van der Waals surface area contributed by atoms with E-state index in [0.717, 1.165) is 0 Å². The zero-order valence-corrected chi connectivity index (χ0v) is 12.9. The van der Waals surface area contributed by atoms with Crippen LogP contribution < -0.4 is 14.8 Å². The molecule has 0 bridgehead atoms. The molecule has 0 aliphatic carbocycles. The SMILES string of the molecule is COc1cccc(OC(C)C(=O)Nc2ccc(F)c(Cl)c2)c1. The second-order valence-corrected chi connectivity index (χ2v) is 4.96. The van der Waals surface area contributed by atoms with Gasteiger partial charge in [-0.05, 0) is 37.3 Å². The summed E-state index contributed by atoms with van der Waals surface area (Å²) in [6, 6.07) is 10.9. The molecule has 0 aliphatic rings. The standard InChI is InChI=1S/C16H15ClFNO3/c1-10(22-13-5-3-4-12(9-13)21-2)16(20)19-11-6-7-15(18)14(17)8-11/h3-10H,1-2H3,(H,19,20). The Morgan fingerprint density at radius 2 is 1.95 bits per heavy atom. The van der Waals surface area contributed by atoms with Crippen LogP contribution in [-0.4, -0.2) is 19.1 Å². The minimum Gasteiger partial charge on any atom is -0.497 e. The number of benzene rings is 2. The number of halogens is 2. The fourth-order valence-electron chi connectivity index (χ4n) is 1.75. The second kappa shape index (κ2) is 7.13. The van der Waals surface area contributed by atoms with E-state index in [-0.39, 0.29) is 10.9 Å². The number of hydrogen-bond donors (Lipinski definition) is 1. The highest BCUT2D eigenvalue weighted by Gasteiger charge is 2.15. The van der Waals surface area contributed by atoms with Gasteiger partial charge in [-0.3, -0.25) is 4.79 Å². The lowest BCUT2D eigenvalue weighted by molar-refractivity contribution is -0.122. The van der Waals surface area contributed by atoms with Gasteiger partial charge in [0, 0.05) is 11.8 Å². The van der Waals surface area contributed by atoms with Crippen molar-refractivity contribution in [3.05, 3.63) is 53.3 Å². The fraction of sp³-hybridized carbons (Fsp3) is 0.188. The van der Waals surface area contributed by atoms with Crippen molar-refractivity contribution in [1.29, 1.82) is 0 Å². The van der Waals surface area contributed by atoms with Crippen molar-refractivity contribution < 1.29 is 18.7 Å². The molecule has 0 aliphatic heterocycles. The van der Waals surface area contributed by atoms with E-state index in [9.17, 15) is 9.18 Å². The van der Waals surface area contributed by atoms with Gasteiger partial charge in [0.1, 0.15) is 17.3 Å². The molecule has 0 fully saturated rings. The summed E-state index contributed by atoms with van der Waals surface area (Å²) < 4.78 is 23.7. The molecule has 2 aromatic carbocycles. The average molecular weight is 324 g/mol. The molecule has 116 valence electrons. The number of carbonyl (C=O) groups is 1.